The zero-order chi connectivity index (χ0) is 8.97. The molecule has 68 valence electrons. The van der Waals surface area contributed by atoms with Crippen LogP contribution < -0.4 is 0 Å². The lowest BCUT2D eigenvalue weighted by Gasteiger charge is -2.21. The van der Waals surface area contributed by atoms with Crippen molar-refractivity contribution in [1.82, 2.24) is 4.90 Å². The van der Waals surface area contributed by atoms with E-state index in [1.165, 1.54) is 12.8 Å². The molecule has 12 heavy (non-hydrogen) atoms. The fourth-order valence-electron chi connectivity index (χ4n) is 1.48. The van der Waals surface area contributed by atoms with Gasteiger partial charge in [0.25, 0.3) is 0 Å². The maximum Gasteiger partial charge on any atom is 0.351 e. The summed E-state index contributed by atoms with van der Waals surface area (Å²) in [5.41, 5.74) is 0.247. The van der Waals surface area contributed by atoms with Gasteiger partial charge in [-0.3, -0.25) is 0 Å². The Morgan fingerprint density at radius 3 is 2.08 bits per heavy atom. The summed E-state index contributed by atoms with van der Waals surface area (Å²) in [4.78, 5) is 12.4. The van der Waals surface area contributed by atoms with E-state index < -0.39 is 5.97 Å². The first-order valence-electron chi connectivity index (χ1n) is 4.39. The fourth-order valence-corrected chi connectivity index (χ4v) is 1.48. The van der Waals surface area contributed by atoms with E-state index >= 15 is 0 Å². The Morgan fingerprint density at radius 1 is 1.17 bits per heavy atom. The van der Waals surface area contributed by atoms with Gasteiger partial charge < -0.3 is 10.0 Å². The molecule has 1 saturated heterocycles. The molecule has 0 bridgehead atoms. The molecule has 0 saturated carbocycles. The minimum atomic E-state index is -0.892. The highest BCUT2D eigenvalue weighted by Crippen LogP contribution is 2.13. The van der Waals surface area contributed by atoms with Crippen LogP contribution in [0, 0.1) is 0 Å². The van der Waals surface area contributed by atoms with Crippen LogP contribution in [0.25, 0.3) is 0 Å². The van der Waals surface area contributed by atoms with E-state index in [2.05, 4.69) is 6.58 Å². The zero-order valence-electron chi connectivity index (χ0n) is 7.25. The first kappa shape index (κ1) is 9.10. The zero-order valence-corrected chi connectivity index (χ0v) is 7.25. The quantitative estimate of drug-likeness (QED) is 0.636. The molecule has 0 spiro atoms. The Balaban J connectivity index is 2.48. The number of carbonyl (C=O) groups is 1. The number of carboxylic acid groups (broad SMARTS) is 1. The predicted molar refractivity (Wildman–Crippen MR) is 46.8 cm³/mol. The molecule has 1 heterocycles. The van der Waals surface area contributed by atoms with Gasteiger partial charge in [-0.15, -0.1) is 0 Å². The van der Waals surface area contributed by atoms with Crippen LogP contribution in [0.5, 0.6) is 0 Å². The smallest absolute Gasteiger partial charge is 0.351 e. The first-order valence-corrected chi connectivity index (χ1v) is 4.39. The molecular formula is C9H15NO2. The van der Waals surface area contributed by atoms with Gasteiger partial charge in [0.2, 0.25) is 0 Å². The summed E-state index contributed by atoms with van der Waals surface area (Å²) in [5.74, 6) is -0.892. The van der Waals surface area contributed by atoms with E-state index in [1.807, 2.05) is 4.90 Å². The molecule has 3 heteroatoms. The molecule has 1 aliphatic rings. The van der Waals surface area contributed by atoms with Crippen molar-refractivity contribution in [3.63, 3.8) is 0 Å². The highest BCUT2D eigenvalue weighted by atomic mass is 16.4. The van der Waals surface area contributed by atoms with Crippen molar-refractivity contribution in [1.29, 1.82) is 0 Å². The van der Waals surface area contributed by atoms with Gasteiger partial charge in [0.1, 0.15) is 5.70 Å². The normalized spacial score (nSPS) is 18.5. The van der Waals surface area contributed by atoms with Crippen molar-refractivity contribution in [3.05, 3.63) is 12.3 Å². The highest BCUT2D eigenvalue weighted by molar-refractivity contribution is 5.85. The Hall–Kier alpha value is -0.990. The lowest BCUT2D eigenvalue weighted by Crippen LogP contribution is -2.27. The van der Waals surface area contributed by atoms with E-state index in [9.17, 15) is 4.79 Å². The molecule has 1 N–H and O–H groups in total. The van der Waals surface area contributed by atoms with Crippen LogP contribution in [0.1, 0.15) is 25.7 Å². The van der Waals surface area contributed by atoms with E-state index in [0.717, 1.165) is 25.9 Å². The molecule has 0 aliphatic carbocycles. The second kappa shape index (κ2) is 4.14. The monoisotopic (exact) mass is 169 g/mol. The van der Waals surface area contributed by atoms with Crippen LogP contribution in [0.4, 0.5) is 0 Å². The second-order valence-electron chi connectivity index (χ2n) is 3.15. The largest absolute Gasteiger partial charge is 0.477 e. The third-order valence-electron chi connectivity index (χ3n) is 2.23. The molecule has 3 nitrogen and oxygen atoms in total. The van der Waals surface area contributed by atoms with Crippen molar-refractivity contribution in [2.45, 2.75) is 25.7 Å². The molecular weight excluding hydrogens is 154 g/mol. The summed E-state index contributed by atoms with van der Waals surface area (Å²) in [7, 11) is 0. The van der Waals surface area contributed by atoms with Crippen LogP contribution in [-0.4, -0.2) is 29.1 Å². The van der Waals surface area contributed by atoms with Crippen LogP contribution in [0.3, 0.4) is 0 Å². The molecule has 0 aromatic heterocycles. The van der Waals surface area contributed by atoms with Crippen molar-refractivity contribution >= 4 is 5.97 Å². The third-order valence-corrected chi connectivity index (χ3v) is 2.23. The molecule has 1 fully saturated rings. The summed E-state index contributed by atoms with van der Waals surface area (Å²) < 4.78 is 0. The molecule has 0 aromatic rings. The number of nitrogens with zero attached hydrogens (tertiary/aromatic N) is 1. The minimum absolute atomic E-state index is 0.247. The maximum absolute atomic E-state index is 10.6. The van der Waals surface area contributed by atoms with Gasteiger partial charge in [-0.2, -0.15) is 0 Å². The average molecular weight is 169 g/mol. The van der Waals surface area contributed by atoms with Crippen LogP contribution >= 0.6 is 0 Å². The van der Waals surface area contributed by atoms with E-state index in [0.29, 0.717) is 0 Å². The van der Waals surface area contributed by atoms with E-state index in [4.69, 9.17) is 5.11 Å². The number of hydrogen-bond acceptors (Lipinski definition) is 2. The van der Waals surface area contributed by atoms with Gasteiger partial charge in [-0.05, 0) is 12.8 Å². The van der Waals surface area contributed by atoms with Crippen LogP contribution in [0.15, 0.2) is 12.3 Å². The van der Waals surface area contributed by atoms with Gasteiger partial charge in [0, 0.05) is 13.1 Å². The molecule has 0 atom stereocenters. The van der Waals surface area contributed by atoms with Gasteiger partial charge in [0.15, 0.2) is 0 Å². The topological polar surface area (TPSA) is 40.5 Å². The standard InChI is InChI=1S/C9H15NO2/c1-8(9(11)12)10-6-4-2-3-5-7-10/h1-7H2,(H,11,12). The molecule has 0 amide bonds. The summed E-state index contributed by atoms with van der Waals surface area (Å²) in [5, 5.41) is 8.68. The SMILES string of the molecule is C=C(C(=O)O)N1CCCCCC1. The molecule has 1 aliphatic heterocycles. The number of hydrogen-bond donors (Lipinski definition) is 1. The van der Waals surface area contributed by atoms with Gasteiger partial charge in [-0.25, -0.2) is 4.79 Å². The van der Waals surface area contributed by atoms with Crippen LogP contribution in [-0.2, 0) is 4.79 Å². The number of rotatable bonds is 2. The maximum atomic E-state index is 10.6. The molecule has 0 radical (unpaired) electrons. The summed E-state index contributed by atoms with van der Waals surface area (Å²) in [6.45, 7) is 5.25. The fraction of sp³-hybridized carbons (Fsp3) is 0.667. The van der Waals surface area contributed by atoms with Crippen molar-refractivity contribution < 1.29 is 9.90 Å². The average Bonchev–Trinajstić information content (AvgIpc) is 2.30. The van der Waals surface area contributed by atoms with E-state index in [1.54, 1.807) is 0 Å². The predicted octanol–water partition coefficient (Wildman–Crippen LogP) is 1.46. The molecule has 0 aromatic carbocycles. The molecule has 1 rings (SSSR count). The first-order chi connectivity index (χ1) is 5.72. The Bertz CT molecular complexity index is 181. The Morgan fingerprint density at radius 2 is 1.67 bits per heavy atom. The summed E-state index contributed by atoms with van der Waals surface area (Å²) in [6.07, 6.45) is 4.60. The summed E-state index contributed by atoms with van der Waals surface area (Å²) >= 11 is 0. The number of carboxylic acids is 1. The lowest BCUT2D eigenvalue weighted by atomic mass is 10.2. The lowest BCUT2D eigenvalue weighted by molar-refractivity contribution is -0.134. The third kappa shape index (κ3) is 2.26. The van der Waals surface area contributed by atoms with Crippen molar-refractivity contribution in [3.8, 4) is 0 Å². The minimum Gasteiger partial charge on any atom is -0.477 e. The van der Waals surface area contributed by atoms with Crippen molar-refractivity contribution in [2.75, 3.05) is 13.1 Å². The van der Waals surface area contributed by atoms with E-state index in [-0.39, 0.29) is 5.70 Å². The number of likely N-dealkylation sites (tertiary alicyclic amines) is 1. The Labute approximate surface area is 72.7 Å². The van der Waals surface area contributed by atoms with Gasteiger partial charge >= 0.3 is 5.97 Å². The Kier molecular flexibility index (Phi) is 3.14. The second-order valence-corrected chi connectivity index (χ2v) is 3.15. The van der Waals surface area contributed by atoms with Crippen LogP contribution in [0.2, 0.25) is 0 Å². The van der Waals surface area contributed by atoms with Gasteiger partial charge in [-0.1, -0.05) is 19.4 Å². The van der Waals surface area contributed by atoms with Gasteiger partial charge in [0.05, 0.1) is 0 Å². The molecule has 0 unspecified atom stereocenters. The van der Waals surface area contributed by atoms with Crippen molar-refractivity contribution in [2.24, 2.45) is 0 Å². The highest BCUT2D eigenvalue weighted by Gasteiger charge is 2.14. The summed E-state index contributed by atoms with van der Waals surface area (Å²) in [6, 6.07) is 0. The number of aliphatic carboxylic acids is 1.